The van der Waals surface area contributed by atoms with Crippen molar-refractivity contribution < 1.29 is 14.2 Å². The zero-order valence-corrected chi connectivity index (χ0v) is 17.1. The fourth-order valence-electron chi connectivity index (χ4n) is 1.64. The van der Waals surface area contributed by atoms with Crippen LogP contribution < -0.4 is 14.2 Å². The largest absolute Gasteiger partial charge is 0.493 e. The Labute approximate surface area is 156 Å². The van der Waals surface area contributed by atoms with Gasteiger partial charge in [0.05, 0.1) is 11.6 Å². The fraction of sp³-hybridized carbons (Fsp3) is 0.143. The molecular formula is C14H10Br4O3. The molecule has 0 aromatic heterocycles. The number of rotatable bonds is 5. The van der Waals surface area contributed by atoms with Gasteiger partial charge in [0, 0.05) is 4.47 Å². The molecule has 112 valence electrons. The topological polar surface area (TPSA) is 27.7 Å². The number of halogens is 4. The lowest BCUT2D eigenvalue weighted by molar-refractivity contribution is 0.338. The van der Waals surface area contributed by atoms with Crippen LogP contribution in [-0.2, 0) is 0 Å². The van der Waals surface area contributed by atoms with Crippen LogP contribution in [0.5, 0.6) is 23.0 Å². The van der Waals surface area contributed by atoms with Crippen molar-refractivity contribution in [2.24, 2.45) is 0 Å². The van der Waals surface area contributed by atoms with Gasteiger partial charge in [-0.2, -0.15) is 0 Å². The van der Waals surface area contributed by atoms with E-state index in [0.29, 0.717) is 23.0 Å². The first-order chi connectivity index (χ1) is 10.0. The Bertz CT molecular complexity index is 632. The van der Waals surface area contributed by atoms with Gasteiger partial charge >= 0.3 is 0 Å². The lowest BCUT2D eigenvalue weighted by Gasteiger charge is -2.16. The minimum atomic E-state index is -0.331. The second-order valence-electron chi connectivity index (χ2n) is 3.85. The maximum absolute atomic E-state index is 5.94. The van der Waals surface area contributed by atoms with Crippen molar-refractivity contribution in [3.8, 4) is 23.0 Å². The van der Waals surface area contributed by atoms with E-state index >= 15 is 0 Å². The van der Waals surface area contributed by atoms with E-state index in [1.807, 2.05) is 36.4 Å². The highest BCUT2D eigenvalue weighted by atomic mass is 79.9. The van der Waals surface area contributed by atoms with Crippen LogP contribution in [0.25, 0.3) is 0 Å². The normalized spacial score (nSPS) is 10.6. The number of hydrogen-bond acceptors (Lipinski definition) is 3. The zero-order valence-electron chi connectivity index (χ0n) is 10.8. The van der Waals surface area contributed by atoms with Gasteiger partial charge in [-0.3, -0.25) is 0 Å². The molecule has 0 atom stereocenters. The van der Waals surface area contributed by atoms with E-state index in [0.717, 1.165) is 8.95 Å². The van der Waals surface area contributed by atoms with Gasteiger partial charge in [-0.1, -0.05) is 28.1 Å². The van der Waals surface area contributed by atoms with Crippen molar-refractivity contribution in [1.82, 2.24) is 0 Å². The smallest absolute Gasteiger partial charge is 0.208 e. The second kappa shape index (κ2) is 7.85. The number of ether oxygens (including phenoxy) is 3. The van der Waals surface area contributed by atoms with Crippen molar-refractivity contribution in [3.05, 3.63) is 45.3 Å². The maximum Gasteiger partial charge on any atom is 0.208 e. The standard InChI is InChI=1S/C14H10Br4O3/c1-19-10-4-2-3-5-11(10)20-12-7-8(15)6-9(16)13(12)21-14(17)18/h2-7,14H,1H3. The lowest BCUT2D eigenvalue weighted by atomic mass is 10.3. The Morgan fingerprint density at radius 2 is 1.62 bits per heavy atom. The van der Waals surface area contributed by atoms with E-state index in [1.54, 1.807) is 7.11 Å². The molecule has 21 heavy (non-hydrogen) atoms. The van der Waals surface area contributed by atoms with Crippen LogP contribution in [0.2, 0.25) is 0 Å². The zero-order chi connectivity index (χ0) is 15.4. The monoisotopic (exact) mass is 542 g/mol. The van der Waals surface area contributed by atoms with Crippen LogP contribution in [0.15, 0.2) is 45.3 Å². The first-order valence-corrected chi connectivity index (χ1v) is 9.17. The summed E-state index contributed by atoms with van der Waals surface area (Å²) in [6, 6.07) is 11.1. The minimum Gasteiger partial charge on any atom is -0.493 e. The molecule has 0 radical (unpaired) electrons. The molecule has 0 spiro atoms. The molecule has 2 aromatic carbocycles. The van der Waals surface area contributed by atoms with Crippen LogP contribution in [0.3, 0.4) is 0 Å². The Morgan fingerprint density at radius 3 is 2.24 bits per heavy atom. The Morgan fingerprint density at radius 1 is 0.952 bits per heavy atom. The SMILES string of the molecule is COc1ccccc1Oc1cc(Br)cc(Br)c1OC(Br)Br. The van der Waals surface area contributed by atoms with Crippen molar-refractivity contribution in [3.63, 3.8) is 0 Å². The molecule has 0 aliphatic rings. The van der Waals surface area contributed by atoms with E-state index < -0.39 is 0 Å². The third-order valence-corrected chi connectivity index (χ3v) is 3.89. The second-order valence-corrected chi connectivity index (χ2v) is 8.51. The van der Waals surface area contributed by atoms with Gasteiger partial charge in [-0.05, 0) is 72.1 Å². The average Bonchev–Trinajstić information content (AvgIpc) is 2.43. The van der Waals surface area contributed by atoms with Crippen LogP contribution >= 0.6 is 63.7 Å². The molecule has 0 N–H and O–H groups in total. The number of alkyl halides is 2. The molecule has 7 heteroatoms. The molecule has 0 aliphatic heterocycles. The van der Waals surface area contributed by atoms with Gasteiger partial charge in [0.2, 0.25) is 3.92 Å². The summed E-state index contributed by atoms with van der Waals surface area (Å²) in [6.45, 7) is 0. The van der Waals surface area contributed by atoms with Crippen LogP contribution in [-0.4, -0.2) is 11.0 Å². The number of methoxy groups -OCH3 is 1. The molecule has 0 amide bonds. The van der Waals surface area contributed by atoms with E-state index in [-0.39, 0.29) is 3.92 Å². The summed E-state index contributed by atoms with van der Waals surface area (Å²) in [7, 11) is 1.60. The van der Waals surface area contributed by atoms with Crippen molar-refractivity contribution in [2.75, 3.05) is 7.11 Å². The first kappa shape index (κ1) is 17.1. The molecular weight excluding hydrogens is 536 g/mol. The molecule has 0 saturated carbocycles. The molecule has 0 heterocycles. The van der Waals surface area contributed by atoms with Crippen molar-refractivity contribution in [2.45, 2.75) is 3.92 Å². The summed E-state index contributed by atoms with van der Waals surface area (Å²) in [5, 5.41) is 0. The Balaban J connectivity index is 2.42. The maximum atomic E-state index is 5.94. The summed E-state index contributed by atoms with van der Waals surface area (Å²) in [5.74, 6) is 2.39. The fourth-order valence-corrected chi connectivity index (χ4v) is 3.29. The molecule has 2 rings (SSSR count). The molecule has 2 aromatic rings. The highest BCUT2D eigenvalue weighted by Gasteiger charge is 2.16. The van der Waals surface area contributed by atoms with E-state index in [9.17, 15) is 0 Å². The molecule has 0 fully saturated rings. The van der Waals surface area contributed by atoms with Crippen LogP contribution in [0.4, 0.5) is 0 Å². The number of para-hydroxylation sites is 2. The van der Waals surface area contributed by atoms with E-state index in [1.165, 1.54) is 0 Å². The molecule has 0 aliphatic carbocycles. The lowest BCUT2D eigenvalue weighted by Crippen LogP contribution is -2.01. The number of benzene rings is 2. The minimum absolute atomic E-state index is 0.331. The third kappa shape index (κ3) is 4.61. The number of hydrogen-bond donors (Lipinski definition) is 0. The summed E-state index contributed by atoms with van der Waals surface area (Å²) >= 11 is 13.5. The Hall–Kier alpha value is -0.240. The molecule has 0 bridgehead atoms. The molecule has 0 saturated heterocycles. The quantitative estimate of drug-likeness (QED) is 0.403. The van der Waals surface area contributed by atoms with Gasteiger partial charge in [0.1, 0.15) is 0 Å². The van der Waals surface area contributed by atoms with Gasteiger partial charge in [-0.15, -0.1) is 0 Å². The van der Waals surface area contributed by atoms with Crippen molar-refractivity contribution in [1.29, 1.82) is 0 Å². The van der Waals surface area contributed by atoms with E-state index in [4.69, 9.17) is 14.2 Å². The predicted molar refractivity (Wildman–Crippen MR) is 97.2 cm³/mol. The third-order valence-electron chi connectivity index (χ3n) is 2.47. The first-order valence-electron chi connectivity index (χ1n) is 5.76. The summed E-state index contributed by atoms with van der Waals surface area (Å²) in [5.41, 5.74) is 0. The van der Waals surface area contributed by atoms with Crippen molar-refractivity contribution >= 4 is 63.7 Å². The van der Waals surface area contributed by atoms with Gasteiger partial charge in [0.25, 0.3) is 0 Å². The molecule has 0 unspecified atom stereocenters. The van der Waals surface area contributed by atoms with Crippen LogP contribution in [0, 0.1) is 0 Å². The van der Waals surface area contributed by atoms with E-state index in [2.05, 4.69) is 63.7 Å². The predicted octanol–water partition coefficient (Wildman–Crippen LogP) is 6.46. The van der Waals surface area contributed by atoms with Gasteiger partial charge < -0.3 is 14.2 Å². The van der Waals surface area contributed by atoms with Crippen LogP contribution in [0.1, 0.15) is 0 Å². The molecule has 3 nitrogen and oxygen atoms in total. The highest BCUT2D eigenvalue weighted by molar-refractivity contribution is 9.24. The van der Waals surface area contributed by atoms with Gasteiger partial charge in [0.15, 0.2) is 23.0 Å². The summed E-state index contributed by atoms with van der Waals surface area (Å²) in [6.07, 6.45) is 0. The summed E-state index contributed by atoms with van der Waals surface area (Å²) < 4.78 is 18.2. The van der Waals surface area contributed by atoms with Gasteiger partial charge in [-0.25, -0.2) is 0 Å². The average molecular weight is 546 g/mol. The highest BCUT2D eigenvalue weighted by Crippen LogP contribution is 2.43. The summed E-state index contributed by atoms with van der Waals surface area (Å²) in [4.78, 5) is 0. The Kier molecular flexibility index (Phi) is 6.40.